The lowest BCUT2D eigenvalue weighted by Gasteiger charge is -2.20. The number of carboxylic acid groups (broad SMARTS) is 1. The molecule has 2 heterocycles. The second kappa shape index (κ2) is 14.1. The third-order valence-electron chi connectivity index (χ3n) is 5.90. The average molecular weight is 598 g/mol. The number of hydrogen-bond acceptors (Lipinski definition) is 7. The van der Waals surface area contributed by atoms with Crippen molar-refractivity contribution in [2.75, 3.05) is 13.2 Å². The predicted octanol–water partition coefficient (Wildman–Crippen LogP) is 5.04. The molecule has 0 radical (unpaired) electrons. The molecule has 10 nitrogen and oxygen atoms in total. The molecule has 2 aromatic carbocycles. The monoisotopic (exact) mass is 597 g/mol. The molecule has 1 aliphatic rings. The van der Waals surface area contributed by atoms with Gasteiger partial charge in [-0.15, -0.1) is 0 Å². The van der Waals surface area contributed by atoms with Crippen LogP contribution in [0.25, 0.3) is 11.3 Å². The minimum atomic E-state index is -5.08. The molecule has 0 unspecified atom stereocenters. The summed E-state index contributed by atoms with van der Waals surface area (Å²) < 4.78 is 72.1. The Labute approximate surface area is 235 Å². The lowest BCUT2D eigenvalue weighted by molar-refractivity contribution is -0.192. The summed E-state index contributed by atoms with van der Waals surface area (Å²) in [5.74, 6) is -1.10. The van der Waals surface area contributed by atoms with Gasteiger partial charge in [0.2, 0.25) is 10.0 Å². The summed E-state index contributed by atoms with van der Waals surface area (Å²) in [5, 5.41) is 7.12. The van der Waals surface area contributed by atoms with E-state index in [1.54, 1.807) is 19.2 Å². The number of Topliss-reactive ketones (excluding diaryl/α,β-unsaturated/α-hetero) is 1. The molecule has 0 amide bonds. The van der Waals surface area contributed by atoms with Gasteiger partial charge in [0, 0.05) is 12.5 Å². The molecule has 0 bridgehead atoms. The molecule has 0 saturated carbocycles. The van der Waals surface area contributed by atoms with Crippen LogP contribution in [-0.4, -0.2) is 54.6 Å². The number of aromatic nitrogens is 2. The quantitative estimate of drug-likeness (QED) is 0.261. The van der Waals surface area contributed by atoms with E-state index in [9.17, 15) is 26.4 Å². The van der Waals surface area contributed by atoms with Gasteiger partial charge in [0.25, 0.3) is 0 Å². The standard InChI is InChI=1S/C25H29N3O5S.C2HF3O2/c1-18(29)8-4-2-7-11-21(25-26-17-22(27-25)19-9-5-3-6-10-19)28-34(30,31)20-12-13-23-24(16-20)33-15-14-32-23;3-2(4,5)1(6)7/h3,5-6,9-10,12-13,16-17,21,28H,2,4,7-8,11,14-15H2,1H3,(H,26,27);(H,6,7)/t21-;/m0./s1. The number of sulfonamides is 1. The zero-order chi connectivity index (χ0) is 30.0. The number of aromatic amines is 1. The lowest BCUT2D eigenvalue weighted by Crippen LogP contribution is -2.29. The number of carbonyl (C=O) groups is 2. The van der Waals surface area contributed by atoms with Crippen LogP contribution in [-0.2, 0) is 19.6 Å². The minimum Gasteiger partial charge on any atom is -0.486 e. The van der Waals surface area contributed by atoms with E-state index in [4.69, 9.17) is 19.4 Å². The molecule has 3 aromatic rings. The van der Waals surface area contributed by atoms with Crippen LogP contribution in [0, 0.1) is 0 Å². The summed E-state index contributed by atoms with van der Waals surface area (Å²) >= 11 is 0. The number of hydrogen-bond donors (Lipinski definition) is 3. The molecule has 222 valence electrons. The van der Waals surface area contributed by atoms with Gasteiger partial charge in [-0.3, -0.25) is 0 Å². The zero-order valence-electron chi connectivity index (χ0n) is 22.1. The van der Waals surface area contributed by atoms with E-state index >= 15 is 0 Å². The maximum Gasteiger partial charge on any atom is 0.490 e. The highest BCUT2D eigenvalue weighted by Crippen LogP contribution is 2.33. The smallest absolute Gasteiger partial charge is 0.486 e. The zero-order valence-corrected chi connectivity index (χ0v) is 22.9. The van der Waals surface area contributed by atoms with Gasteiger partial charge < -0.3 is 24.4 Å². The molecule has 0 spiro atoms. The van der Waals surface area contributed by atoms with Crippen molar-refractivity contribution in [2.45, 2.75) is 56.1 Å². The van der Waals surface area contributed by atoms with E-state index < -0.39 is 28.2 Å². The van der Waals surface area contributed by atoms with E-state index in [0.717, 1.165) is 30.5 Å². The normalized spacial score (nSPS) is 13.6. The van der Waals surface area contributed by atoms with Crippen LogP contribution in [0.2, 0.25) is 0 Å². The van der Waals surface area contributed by atoms with Crippen molar-refractivity contribution in [1.82, 2.24) is 14.7 Å². The van der Waals surface area contributed by atoms with Gasteiger partial charge in [0.05, 0.1) is 22.8 Å². The van der Waals surface area contributed by atoms with E-state index in [1.165, 1.54) is 12.1 Å². The fourth-order valence-electron chi connectivity index (χ4n) is 3.87. The topological polar surface area (TPSA) is 148 Å². The molecule has 1 aromatic heterocycles. The van der Waals surface area contributed by atoms with Crippen LogP contribution in [0.15, 0.2) is 59.6 Å². The molecular weight excluding hydrogens is 567 g/mol. The number of fused-ring (bicyclic) bond motifs is 1. The van der Waals surface area contributed by atoms with Gasteiger partial charge in [-0.25, -0.2) is 22.9 Å². The Hall–Kier alpha value is -3.91. The Kier molecular flexibility index (Phi) is 10.9. The number of carbonyl (C=O) groups excluding carboxylic acids is 1. The second-order valence-corrected chi connectivity index (χ2v) is 10.8. The van der Waals surface area contributed by atoms with Gasteiger partial charge >= 0.3 is 12.1 Å². The number of rotatable bonds is 11. The SMILES string of the molecule is CC(=O)CCCCC[C@H](NS(=O)(=O)c1ccc2c(c1)OCCO2)c1ncc(-c2ccccc2)[nH]1.O=C(O)C(F)(F)F. The summed E-state index contributed by atoms with van der Waals surface area (Å²) in [6.07, 6.45) is 0.0726. The molecule has 4 rings (SSSR count). The maximum atomic E-state index is 13.3. The third-order valence-corrected chi connectivity index (χ3v) is 7.37. The molecule has 0 aliphatic carbocycles. The van der Waals surface area contributed by atoms with E-state index in [-0.39, 0.29) is 10.7 Å². The predicted molar refractivity (Wildman–Crippen MR) is 142 cm³/mol. The van der Waals surface area contributed by atoms with Crippen molar-refractivity contribution >= 4 is 21.8 Å². The first-order chi connectivity index (χ1) is 19.4. The van der Waals surface area contributed by atoms with Crippen molar-refractivity contribution in [3.05, 3.63) is 60.6 Å². The van der Waals surface area contributed by atoms with Crippen LogP contribution in [0.3, 0.4) is 0 Å². The summed E-state index contributed by atoms with van der Waals surface area (Å²) in [4.78, 5) is 28.0. The molecule has 0 fully saturated rings. The average Bonchev–Trinajstić information content (AvgIpc) is 3.42. The number of nitrogens with zero attached hydrogens (tertiary/aromatic N) is 1. The first-order valence-electron chi connectivity index (χ1n) is 12.7. The highest BCUT2D eigenvalue weighted by atomic mass is 32.2. The van der Waals surface area contributed by atoms with Crippen molar-refractivity contribution < 1.29 is 45.8 Å². The Balaban J connectivity index is 0.000000587. The molecule has 1 aliphatic heterocycles. The Morgan fingerprint density at radius 2 is 1.71 bits per heavy atom. The Bertz CT molecular complexity index is 1430. The van der Waals surface area contributed by atoms with Crippen molar-refractivity contribution in [2.24, 2.45) is 0 Å². The Morgan fingerprint density at radius 3 is 2.34 bits per heavy atom. The maximum absolute atomic E-state index is 13.3. The molecular formula is C27H30F3N3O7S. The number of imidazole rings is 1. The van der Waals surface area contributed by atoms with Gasteiger partial charge in [-0.05, 0) is 37.5 Å². The number of unbranched alkanes of at least 4 members (excludes halogenated alkanes) is 2. The molecule has 41 heavy (non-hydrogen) atoms. The molecule has 1 atom stereocenters. The fraction of sp³-hybridized carbons (Fsp3) is 0.370. The number of alkyl halides is 3. The first-order valence-corrected chi connectivity index (χ1v) is 14.2. The summed E-state index contributed by atoms with van der Waals surface area (Å²) in [6.45, 7) is 2.39. The number of ether oxygens (including phenoxy) is 2. The first kappa shape index (κ1) is 31.6. The molecule has 3 N–H and O–H groups in total. The number of ketones is 1. The van der Waals surface area contributed by atoms with Crippen molar-refractivity contribution in [3.63, 3.8) is 0 Å². The lowest BCUT2D eigenvalue weighted by atomic mass is 10.1. The number of carboxylic acids is 1. The van der Waals surface area contributed by atoms with Crippen molar-refractivity contribution in [3.8, 4) is 22.8 Å². The molecule has 14 heteroatoms. The highest BCUT2D eigenvalue weighted by molar-refractivity contribution is 7.89. The number of H-pyrrole nitrogens is 1. The van der Waals surface area contributed by atoms with Crippen LogP contribution >= 0.6 is 0 Å². The van der Waals surface area contributed by atoms with Gasteiger partial charge in [0.15, 0.2) is 11.5 Å². The minimum absolute atomic E-state index is 0.105. The van der Waals surface area contributed by atoms with Crippen LogP contribution in [0.5, 0.6) is 11.5 Å². The summed E-state index contributed by atoms with van der Waals surface area (Å²) in [7, 11) is -3.85. The van der Waals surface area contributed by atoms with Crippen molar-refractivity contribution in [1.29, 1.82) is 0 Å². The van der Waals surface area contributed by atoms with Gasteiger partial charge in [-0.2, -0.15) is 13.2 Å². The summed E-state index contributed by atoms with van der Waals surface area (Å²) in [5.41, 5.74) is 1.78. The summed E-state index contributed by atoms with van der Waals surface area (Å²) in [6, 6.07) is 13.8. The van der Waals surface area contributed by atoms with Crippen LogP contribution in [0.1, 0.15) is 50.9 Å². The Morgan fingerprint density at radius 1 is 1.05 bits per heavy atom. The van der Waals surface area contributed by atoms with Gasteiger partial charge in [-0.1, -0.05) is 43.2 Å². The number of nitrogens with one attached hydrogen (secondary N) is 2. The van der Waals surface area contributed by atoms with Crippen LogP contribution < -0.4 is 14.2 Å². The molecule has 0 saturated heterocycles. The van der Waals surface area contributed by atoms with E-state index in [2.05, 4.69) is 14.7 Å². The third kappa shape index (κ3) is 9.60. The second-order valence-electron chi connectivity index (χ2n) is 9.13. The van der Waals surface area contributed by atoms with E-state index in [0.29, 0.717) is 43.4 Å². The number of aliphatic carboxylic acids is 1. The van der Waals surface area contributed by atoms with Crippen LogP contribution in [0.4, 0.5) is 13.2 Å². The number of benzene rings is 2. The largest absolute Gasteiger partial charge is 0.490 e. The fourth-order valence-corrected chi connectivity index (χ4v) is 5.12. The highest BCUT2D eigenvalue weighted by Gasteiger charge is 2.38. The number of halogens is 3. The van der Waals surface area contributed by atoms with E-state index in [1.807, 2.05) is 30.3 Å². The van der Waals surface area contributed by atoms with Gasteiger partial charge in [0.1, 0.15) is 24.8 Å².